The highest BCUT2D eigenvalue weighted by Crippen LogP contribution is 2.07. The molecule has 0 spiro atoms. The van der Waals surface area contributed by atoms with Gasteiger partial charge >= 0.3 is 0 Å². The van der Waals surface area contributed by atoms with Crippen LogP contribution in [0.1, 0.15) is 66.6 Å². The summed E-state index contributed by atoms with van der Waals surface area (Å²) in [6.45, 7) is 4.41. The van der Waals surface area contributed by atoms with Gasteiger partial charge in [0.2, 0.25) is 0 Å². The van der Waals surface area contributed by atoms with E-state index in [-0.39, 0.29) is 6.40 Å². The summed E-state index contributed by atoms with van der Waals surface area (Å²) in [7, 11) is 0. The third-order valence-corrected chi connectivity index (χ3v) is 1.77. The smallest absolute Gasteiger partial charge is 0.0267 e. The van der Waals surface area contributed by atoms with Gasteiger partial charge in [-0.05, 0) is 0 Å². The molecule has 0 aliphatic rings. The maximum atomic E-state index is 7.65. The van der Waals surface area contributed by atoms with Gasteiger partial charge in [0.15, 0.2) is 0 Å². The minimum absolute atomic E-state index is 0.224. The minimum atomic E-state index is 0.224. The highest BCUT2D eigenvalue weighted by molar-refractivity contribution is 4.43. The van der Waals surface area contributed by atoms with E-state index in [0.29, 0.717) is 0 Å². The van der Waals surface area contributed by atoms with Crippen LogP contribution >= 0.6 is 0 Å². The Morgan fingerprint density at radius 1 is 0.800 bits per heavy atom. The molecule has 62 valence electrons. The maximum Gasteiger partial charge on any atom is 0.0267 e. The van der Waals surface area contributed by atoms with Crippen LogP contribution in [-0.2, 0) is 0 Å². The molecule has 10 heavy (non-hydrogen) atoms. The van der Waals surface area contributed by atoms with Gasteiger partial charge in [0.1, 0.15) is 0 Å². The summed E-state index contributed by atoms with van der Waals surface area (Å²) in [6.07, 6.45) is 8.77. The average Bonchev–Trinajstić information content (AvgIpc) is 2.01. The fourth-order valence-corrected chi connectivity index (χ4v) is 1.03. The van der Waals surface area contributed by atoms with Gasteiger partial charge in [-0.3, -0.25) is 0 Å². The lowest BCUT2D eigenvalue weighted by atomic mass is 10.1. The molecule has 0 rings (SSSR count). The number of rotatable bonds is 7. The number of unbranched alkanes of at least 4 members (excludes halogenated alkanes) is 3. The first-order valence-corrected chi connectivity index (χ1v) is 4.73. The first-order valence-electron chi connectivity index (χ1n) is 5.31. The molecule has 0 fully saturated rings. The second-order valence-corrected chi connectivity index (χ2v) is 2.93. The third-order valence-electron chi connectivity index (χ3n) is 1.77. The molecule has 0 aliphatic carbocycles. The molecule has 0 aromatic heterocycles. The first kappa shape index (κ1) is 8.10. The topological polar surface area (TPSA) is 0 Å². The van der Waals surface area contributed by atoms with Gasteiger partial charge in [-0.2, -0.15) is 0 Å². The van der Waals surface area contributed by atoms with E-state index in [0.717, 1.165) is 12.8 Å². The van der Waals surface area contributed by atoms with E-state index in [4.69, 9.17) is 1.37 Å². The lowest BCUT2D eigenvalue weighted by Crippen LogP contribution is -1.77. The summed E-state index contributed by atoms with van der Waals surface area (Å²) < 4.78 is 7.65. The van der Waals surface area contributed by atoms with Crippen molar-refractivity contribution in [3.05, 3.63) is 0 Å². The molecule has 0 aliphatic heterocycles. The molecule has 0 saturated heterocycles. The van der Waals surface area contributed by atoms with Crippen LogP contribution in [0.25, 0.3) is 0 Å². The Morgan fingerprint density at radius 3 is 1.90 bits per heavy atom. The zero-order valence-electron chi connectivity index (χ0n) is 8.53. The lowest BCUT2D eigenvalue weighted by Gasteiger charge is -1.97. The highest BCUT2D eigenvalue weighted by Gasteiger charge is 1.87. The molecule has 0 heteroatoms. The monoisotopic (exact) mass is 143 g/mol. The van der Waals surface area contributed by atoms with Gasteiger partial charge in [0, 0.05) is 1.37 Å². The molecule has 0 aromatic rings. The summed E-state index contributed by atoms with van der Waals surface area (Å²) in [4.78, 5) is 0. The van der Waals surface area contributed by atoms with Gasteiger partial charge in [-0.25, -0.2) is 0 Å². The molecule has 0 nitrogen and oxygen atoms in total. The quantitative estimate of drug-likeness (QED) is 0.470. The first-order chi connectivity index (χ1) is 5.31. The third kappa shape index (κ3) is 8.00. The molecule has 0 saturated carbocycles. The fourth-order valence-electron chi connectivity index (χ4n) is 1.03. The van der Waals surface area contributed by atoms with Crippen molar-refractivity contribution in [3.8, 4) is 0 Å². The van der Waals surface area contributed by atoms with Crippen molar-refractivity contribution in [2.24, 2.45) is 0 Å². The van der Waals surface area contributed by atoms with Gasteiger partial charge in [-0.15, -0.1) is 0 Å². The maximum absolute atomic E-state index is 7.65. The molecule has 0 N–H and O–H groups in total. The van der Waals surface area contributed by atoms with Gasteiger partial charge in [-0.1, -0.05) is 65.2 Å². The molecule has 0 heterocycles. The van der Waals surface area contributed by atoms with Crippen LogP contribution in [0.5, 0.6) is 0 Å². The van der Waals surface area contributed by atoms with Crippen molar-refractivity contribution in [1.29, 1.82) is 0 Å². The van der Waals surface area contributed by atoms with E-state index < -0.39 is 0 Å². The van der Waals surface area contributed by atoms with Crippen molar-refractivity contribution in [2.75, 3.05) is 0 Å². The van der Waals surface area contributed by atoms with Crippen LogP contribution in [0.15, 0.2) is 0 Å². The molecule has 0 bridgehead atoms. The van der Waals surface area contributed by atoms with Gasteiger partial charge in [0.05, 0.1) is 0 Å². The van der Waals surface area contributed by atoms with Crippen LogP contribution in [0.2, 0.25) is 0 Å². The Morgan fingerprint density at radius 2 is 1.30 bits per heavy atom. The summed E-state index contributed by atoms with van der Waals surface area (Å²) in [5.74, 6) is 0. The summed E-state index contributed by atoms with van der Waals surface area (Å²) in [6, 6.07) is 0. The Kier molecular flexibility index (Phi) is 7.29. The van der Waals surface area contributed by atoms with Crippen molar-refractivity contribution >= 4 is 0 Å². The minimum Gasteiger partial charge on any atom is -0.0654 e. The molecular weight excluding hydrogens is 120 g/mol. The van der Waals surface area contributed by atoms with Crippen LogP contribution in [0.3, 0.4) is 0 Å². The zero-order valence-corrected chi connectivity index (χ0v) is 7.53. The van der Waals surface area contributed by atoms with Crippen LogP contribution in [-0.4, -0.2) is 0 Å². The summed E-state index contributed by atoms with van der Waals surface area (Å²) in [5.41, 5.74) is 0. The van der Waals surface area contributed by atoms with E-state index in [1.54, 1.807) is 0 Å². The molecule has 1 unspecified atom stereocenters. The van der Waals surface area contributed by atoms with E-state index in [2.05, 4.69) is 13.8 Å². The largest absolute Gasteiger partial charge is 0.0654 e. The average molecular weight is 143 g/mol. The second kappa shape index (κ2) is 9.00. The van der Waals surface area contributed by atoms with E-state index in [9.17, 15) is 0 Å². The predicted octanol–water partition coefficient (Wildman–Crippen LogP) is 4.15. The molecular formula is C10H22. The normalized spacial score (nSPS) is 14.8. The SMILES string of the molecule is [2H]C(CCCC)CCCCC. The van der Waals surface area contributed by atoms with Crippen molar-refractivity contribution in [1.82, 2.24) is 0 Å². The number of hydrogen-bond acceptors (Lipinski definition) is 0. The van der Waals surface area contributed by atoms with Crippen molar-refractivity contribution in [3.63, 3.8) is 0 Å². The Balaban J connectivity index is 3.02. The zero-order chi connectivity index (χ0) is 8.53. The van der Waals surface area contributed by atoms with Crippen LogP contribution in [0.4, 0.5) is 0 Å². The summed E-state index contributed by atoms with van der Waals surface area (Å²) in [5, 5.41) is 0. The van der Waals surface area contributed by atoms with E-state index in [1.807, 2.05) is 0 Å². The van der Waals surface area contributed by atoms with Crippen molar-refractivity contribution < 1.29 is 1.37 Å². The van der Waals surface area contributed by atoms with Crippen LogP contribution < -0.4 is 0 Å². The summed E-state index contributed by atoms with van der Waals surface area (Å²) >= 11 is 0. The molecule has 0 radical (unpaired) electrons. The van der Waals surface area contributed by atoms with Gasteiger partial charge in [0.25, 0.3) is 0 Å². The Bertz CT molecular complexity index is 71.3. The lowest BCUT2D eigenvalue weighted by molar-refractivity contribution is 0.585. The predicted molar refractivity (Wildman–Crippen MR) is 48.3 cm³/mol. The van der Waals surface area contributed by atoms with E-state index >= 15 is 0 Å². The highest BCUT2D eigenvalue weighted by atomic mass is 13.9. The molecule has 0 aromatic carbocycles. The standard InChI is InChI=1S/C10H22/c1-3-5-7-9-10-8-6-4-2/h3-10H2,1-2H3/i9D. The van der Waals surface area contributed by atoms with Crippen molar-refractivity contribution in [2.45, 2.75) is 65.2 Å². The van der Waals surface area contributed by atoms with E-state index in [1.165, 1.54) is 32.1 Å². The Hall–Kier alpha value is 0. The van der Waals surface area contributed by atoms with Crippen LogP contribution in [0, 0.1) is 0 Å². The number of hydrogen-bond donors (Lipinski definition) is 0. The van der Waals surface area contributed by atoms with Gasteiger partial charge < -0.3 is 0 Å². The molecule has 0 amide bonds. The Labute approximate surface area is 67.4 Å². The fraction of sp³-hybridized carbons (Fsp3) is 1.00. The second-order valence-electron chi connectivity index (χ2n) is 2.93. The molecule has 1 atom stereocenters.